The highest BCUT2D eigenvalue weighted by Crippen LogP contribution is 2.54. The Morgan fingerprint density at radius 1 is 1.00 bits per heavy atom. The van der Waals surface area contributed by atoms with Crippen molar-refractivity contribution < 1.29 is 4.79 Å². The molecule has 108 valence electrons. The van der Waals surface area contributed by atoms with Gasteiger partial charge in [-0.05, 0) is 41.7 Å². The molecule has 3 rings (SSSR count). The molecule has 0 aliphatic heterocycles. The summed E-state index contributed by atoms with van der Waals surface area (Å²) in [4.78, 5) is 16.1. The van der Waals surface area contributed by atoms with Crippen LogP contribution >= 0.6 is 0 Å². The van der Waals surface area contributed by atoms with Crippen LogP contribution in [0.4, 0.5) is 0 Å². The summed E-state index contributed by atoms with van der Waals surface area (Å²) in [7, 11) is 0. The van der Waals surface area contributed by atoms with Crippen molar-refractivity contribution in [1.82, 2.24) is 4.98 Å². The first-order valence-electron chi connectivity index (χ1n) is 7.75. The largest absolute Gasteiger partial charge is 0.299 e. The van der Waals surface area contributed by atoms with E-state index in [1.54, 1.807) is 0 Å². The van der Waals surface area contributed by atoms with E-state index >= 15 is 0 Å². The summed E-state index contributed by atoms with van der Waals surface area (Å²) in [6.45, 7) is 4.28. The minimum Gasteiger partial charge on any atom is -0.299 e. The highest BCUT2D eigenvalue weighted by atomic mass is 16.1. The maximum Gasteiger partial charge on any atom is 0.140 e. The summed E-state index contributed by atoms with van der Waals surface area (Å²) in [5.74, 6) is 0.835. The molecule has 2 heteroatoms. The summed E-state index contributed by atoms with van der Waals surface area (Å²) >= 11 is 0. The van der Waals surface area contributed by atoms with Gasteiger partial charge in [0.1, 0.15) is 5.78 Å². The number of hydrogen-bond acceptors (Lipinski definition) is 2. The molecule has 0 N–H and O–H groups in total. The molecule has 0 bridgehead atoms. The van der Waals surface area contributed by atoms with Gasteiger partial charge in [-0.25, -0.2) is 0 Å². The number of benzene rings is 1. The molecule has 0 spiro atoms. The molecule has 2 nitrogen and oxygen atoms in total. The first-order chi connectivity index (χ1) is 10.2. The minimum atomic E-state index is -0.113. The fraction of sp³-hybridized carbons (Fsp3) is 0.368. The molecule has 0 radical (unpaired) electrons. The van der Waals surface area contributed by atoms with Gasteiger partial charge in [0.25, 0.3) is 0 Å². The number of carbonyl (C=O) groups is 1. The van der Waals surface area contributed by atoms with Gasteiger partial charge in [-0.3, -0.25) is 9.78 Å². The van der Waals surface area contributed by atoms with Crippen molar-refractivity contribution in [2.45, 2.75) is 39.0 Å². The fourth-order valence-electron chi connectivity index (χ4n) is 3.67. The molecule has 1 aliphatic rings. The minimum absolute atomic E-state index is 0.113. The van der Waals surface area contributed by atoms with Gasteiger partial charge in [0.15, 0.2) is 0 Å². The first-order valence-corrected chi connectivity index (χ1v) is 7.75. The zero-order valence-corrected chi connectivity index (χ0v) is 12.7. The zero-order valence-electron chi connectivity index (χ0n) is 12.7. The normalized spacial score (nSPS) is 20.1. The summed E-state index contributed by atoms with van der Waals surface area (Å²) in [5, 5.41) is 0. The van der Waals surface area contributed by atoms with Crippen LogP contribution in [0.5, 0.6) is 0 Å². The van der Waals surface area contributed by atoms with Gasteiger partial charge in [-0.15, -0.1) is 0 Å². The predicted octanol–water partition coefficient (Wildman–Crippen LogP) is 4.61. The SMILES string of the molecule is CCC1(CC)C(=O)CC1c1ccc(-c2ccncc2)cc1. The van der Waals surface area contributed by atoms with E-state index in [0.29, 0.717) is 18.1 Å². The molecular formula is C19H21NO. The fourth-order valence-corrected chi connectivity index (χ4v) is 3.67. The van der Waals surface area contributed by atoms with E-state index in [2.05, 4.69) is 43.1 Å². The van der Waals surface area contributed by atoms with Crippen LogP contribution in [-0.2, 0) is 4.79 Å². The molecule has 1 saturated carbocycles. The number of aromatic nitrogens is 1. The third-order valence-corrected chi connectivity index (χ3v) is 5.20. The molecule has 1 aromatic carbocycles. The maximum absolute atomic E-state index is 12.1. The van der Waals surface area contributed by atoms with E-state index in [4.69, 9.17) is 0 Å². The Balaban J connectivity index is 1.87. The molecule has 2 aromatic rings. The third kappa shape index (κ3) is 2.19. The maximum atomic E-state index is 12.1. The van der Waals surface area contributed by atoms with Crippen molar-refractivity contribution in [1.29, 1.82) is 0 Å². The Morgan fingerprint density at radius 2 is 1.57 bits per heavy atom. The lowest BCUT2D eigenvalue weighted by Gasteiger charge is -2.47. The van der Waals surface area contributed by atoms with Crippen LogP contribution in [0.25, 0.3) is 11.1 Å². The number of pyridine rings is 1. The van der Waals surface area contributed by atoms with E-state index in [0.717, 1.165) is 12.8 Å². The molecule has 1 atom stereocenters. The molecule has 1 unspecified atom stereocenters. The Kier molecular flexibility index (Phi) is 3.62. The second kappa shape index (κ2) is 5.44. The Bertz CT molecular complexity index is 626. The number of hydrogen-bond donors (Lipinski definition) is 0. The topological polar surface area (TPSA) is 30.0 Å². The van der Waals surface area contributed by atoms with Gasteiger partial charge in [-0.2, -0.15) is 0 Å². The second-order valence-corrected chi connectivity index (χ2v) is 5.90. The number of rotatable bonds is 4. The molecule has 1 heterocycles. The Hall–Kier alpha value is -1.96. The summed E-state index contributed by atoms with van der Waals surface area (Å²) in [6, 6.07) is 12.7. The summed E-state index contributed by atoms with van der Waals surface area (Å²) in [6.07, 6.45) is 6.22. The van der Waals surface area contributed by atoms with Crippen LogP contribution in [-0.4, -0.2) is 10.8 Å². The summed E-state index contributed by atoms with van der Waals surface area (Å²) < 4.78 is 0. The average molecular weight is 279 g/mol. The molecule has 1 fully saturated rings. The lowest BCUT2D eigenvalue weighted by Crippen LogP contribution is -2.47. The first kappa shape index (κ1) is 14.0. The lowest BCUT2D eigenvalue weighted by atomic mass is 9.54. The molecule has 0 saturated heterocycles. The van der Waals surface area contributed by atoms with Gasteiger partial charge in [-0.1, -0.05) is 38.1 Å². The monoisotopic (exact) mass is 279 g/mol. The number of Topliss-reactive ketones (excluding diaryl/α,β-unsaturated/α-hetero) is 1. The van der Waals surface area contributed by atoms with Gasteiger partial charge in [0.05, 0.1) is 0 Å². The molecule has 1 aliphatic carbocycles. The average Bonchev–Trinajstić information content (AvgIpc) is 2.55. The van der Waals surface area contributed by atoms with Crippen molar-refractivity contribution in [3.63, 3.8) is 0 Å². The standard InChI is InChI=1S/C19H21NO/c1-3-19(4-2)17(13-18(19)21)16-7-5-14(6-8-16)15-9-11-20-12-10-15/h5-12,17H,3-4,13H2,1-2H3. The van der Waals surface area contributed by atoms with E-state index in [9.17, 15) is 4.79 Å². The van der Waals surface area contributed by atoms with Crippen molar-refractivity contribution in [3.8, 4) is 11.1 Å². The number of ketones is 1. The van der Waals surface area contributed by atoms with Crippen LogP contribution in [0.1, 0.15) is 44.6 Å². The molecular weight excluding hydrogens is 258 g/mol. The zero-order chi connectivity index (χ0) is 14.9. The van der Waals surface area contributed by atoms with Crippen molar-refractivity contribution in [3.05, 3.63) is 54.4 Å². The van der Waals surface area contributed by atoms with Crippen LogP contribution in [0.3, 0.4) is 0 Å². The van der Waals surface area contributed by atoms with Crippen LogP contribution in [0.15, 0.2) is 48.8 Å². The van der Waals surface area contributed by atoms with Gasteiger partial charge in [0, 0.05) is 30.1 Å². The second-order valence-electron chi connectivity index (χ2n) is 5.90. The number of carbonyl (C=O) groups excluding carboxylic acids is 1. The third-order valence-electron chi connectivity index (χ3n) is 5.20. The highest BCUT2D eigenvalue weighted by molar-refractivity contribution is 5.93. The lowest BCUT2D eigenvalue weighted by molar-refractivity contribution is -0.141. The van der Waals surface area contributed by atoms with Crippen LogP contribution in [0.2, 0.25) is 0 Å². The Morgan fingerprint density at radius 3 is 2.10 bits per heavy atom. The van der Waals surface area contributed by atoms with Crippen LogP contribution in [0, 0.1) is 5.41 Å². The smallest absolute Gasteiger partial charge is 0.140 e. The summed E-state index contributed by atoms with van der Waals surface area (Å²) in [5.41, 5.74) is 3.57. The van der Waals surface area contributed by atoms with Gasteiger partial charge < -0.3 is 0 Å². The van der Waals surface area contributed by atoms with Crippen LogP contribution < -0.4 is 0 Å². The van der Waals surface area contributed by atoms with E-state index < -0.39 is 0 Å². The van der Waals surface area contributed by atoms with E-state index in [1.807, 2.05) is 24.5 Å². The predicted molar refractivity (Wildman–Crippen MR) is 85.1 cm³/mol. The van der Waals surface area contributed by atoms with Crippen molar-refractivity contribution >= 4 is 5.78 Å². The van der Waals surface area contributed by atoms with Crippen molar-refractivity contribution in [2.75, 3.05) is 0 Å². The Labute approximate surface area is 126 Å². The van der Waals surface area contributed by atoms with E-state index in [-0.39, 0.29) is 5.41 Å². The van der Waals surface area contributed by atoms with Gasteiger partial charge >= 0.3 is 0 Å². The van der Waals surface area contributed by atoms with Crippen molar-refractivity contribution in [2.24, 2.45) is 5.41 Å². The van der Waals surface area contributed by atoms with Gasteiger partial charge in [0.2, 0.25) is 0 Å². The highest BCUT2D eigenvalue weighted by Gasteiger charge is 2.52. The quantitative estimate of drug-likeness (QED) is 0.818. The molecule has 0 amide bonds. The molecule has 1 aromatic heterocycles. The number of nitrogens with zero attached hydrogens (tertiary/aromatic N) is 1. The van der Waals surface area contributed by atoms with E-state index in [1.165, 1.54) is 16.7 Å². The molecule has 21 heavy (non-hydrogen) atoms.